The van der Waals surface area contributed by atoms with Gasteiger partial charge in [-0.05, 0) is 34.1 Å². The third kappa shape index (κ3) is 2.18. The molecule has 1 spiro atoms. The number of aromatic nitrogens is 2. The number of carbonyl (C=O) groups excluding carboxylic acids is 2. The number of carbonyl (C=O) groups is 2. The lowest BCUT2D eigenvalue weighted by atomic mass is 9.98. The van der Waals surface area contributed by atoms with Gasteiger partial charge in [0.05, 0.1) is 6.04 Å². The van der Waals surface area contributed by atoms with Gasteiger partial charge >= 0.3 is 6.03 Å². The maximum atomic E-state index is 12.7. The molecule has 1 N–H and O–H groups in total. The summed E-state index contributed by atoms with van der Waals surface area (Å²) in [5, 5.41) is 6.68. The van der Waals surface area contributed by atoms with E-state index < -0.39 is 5.54 Å². The Bertz CT molecular complexity index is 613. The Morgan fingerprint density at radius 2 is 2.05 bits per heavy atom. The maximum Gasteiger partial charge on any atom is 0.325 e. The van der Waals surface area contributed by atoms with Crippen LogP contribution in [0.4, 0.5) is 4.79 Å². The summed E-state index contributed by atoms with van der Waals surface area (Å²) in [6.07, 6.45) is 0.595. The molecule has 0 aliphatic carbocycles. The molecule has 2 aliphatic rings. The summed E-state index contributed by atoms with van der Waals surface area (Å²) in [6, 6.07) is -0.529. The summed E-state index contributed by atoms with van der Waals surface area (Å²) in [5.41, 5.74) is -0.815. The van der Waals surface area contributed by atoms with E-state index in [4.69, 9.17) is 4.52 Å². The number of aryl methyl sites for hydroxylation is 1. The van der Waals surface area contributed by atoms with Crippen LogP contribution in [-0.4, -0.2) is 56.5 Å². The zero-order valence-corrected chi connectivity index (χ0v) is 13.3. The predicted molar refractivity (Wildman–Crippen MR) is 76.9 cm³/mol. The Morgan fingerprint density at radius 3 is 2.59 bits per heavy atom. The van der Waals surface area contributed by atoms with Crippen molar-refractivity contribution in [2.24, 2.45) is 0 Å². The number of urea groups is 1. The molecule has 22 heavy (non-hydrogen) atoms. The largest absolute Gasteiger partial charge is 0.338 e. The summed E-state index contributed by atoms with van der Waals surface area (Å²) in [7, 11) is 0. The summed E-state index contributed by atoms with van der Waals surface area (Å²) in [4.78, 5) is 32.4. The van der Waals surface area contributed by atoms with Crippen LogP contribution in [0.5, 0.6) is 0 Å². The maximum absolute atomic E-state index is 12.7. The van der Waals surface area contributed by atoms with Crippen LogP contribution >= 0.6 is 0 Å². The molecule has 2 aliphatic heterocycles. The lowest BCUT2D eigenvalue weighted by molar-refractivity contribution is -0.132. The van der Waals surface area contributed by atoms with Gasteiger partial charge in [-0.2, -0.15) is 4.98 Å². The quantitative estimate of drug-likeness (QED) is 0.832. The first-order valence-corrected chi connectivity index (χ1v) is 7.54. The first-order chi connectivity index (χ1) is 10.3. The Kier molecular flexibility index (Phi) is 3.43. The van der Waals surface area contributed by atoms with Crippen LogP contribution < -0.4 is 5.32 Å². The van der Waals surface area contributed by atoms with E-state index in [1.165, 1.54) is 4.90 Å². The van der Waals surface area contributed by atoms with Crippen molar-refractivity contribution in [1.29, 1.82) is 0 Å². The van der Waals surface area contributed by atoms with Crippen molar-refractivity contribution in [3.8, 4) is 0 Å². The molecule has 0 bridgehead atoms. The second-order valence-electron chi connectivity index (χ2n) is 6.36. The van der Waals surface area contributed by atoms with Crippen molar-refractivity contribution in [2.45, 2.75) is 51.7 Å². The number of nitrogens with one attached hydrogen (secondary N) is 1. The average Bonchev–Trinajstić information content (AvgIpc) is 3.10. The molecule has 8 heteroatoms. The van der Waals surface area contributed by atoms with Crippen LogP contribution in [0.25, 0.3) is 0 Å². The Hall–Kier alpha value is -1.96. The van der Waals surface area contributed by atoms with E-state index >= 15 is 0 Å². The van der Waals surface area contributed by atoms with Gasteiger partial charge in [-0.25, -0.2) is 4.79 Å². The lowest BCUT2D eigenvalue weighted by Crippen LogP contribution is -2.49. The molecule has 1 aromatic rings. The SMILES string of the molecule is Cc1noc([C@H](C)N2CC[C@@]3(C2)NC(=O)N(C(C)C)C3=O)n1. The van der Waals surface area contributed by atoms with Crippen LogP contribution in [0.3, 0.4) is 0 Å². The molecule has 0 saturated carbocycles. The fraction of sp³-hybridized carbons (Fsp3) is 0.714. The predicted octanol–water partition coefficient (Wildman–Crippen LogP) is 0.844. The monoisotopic (exact) mass is 307 g/mol. The minimum absolute atomic E-state index is 0.0848. The van der Waals surface area contributed by atoms with Gasteiger partial charge in [-0.1, -0.05) is 5.16 Å². The Balaban J connectivity index is 1.77. The van der Waals surface area contributed by atoms with Gasteiger partial charge in [0, 0.05) is 19.1 Å². The third-order valence-corrected chi connectivity index (χ3v) is 4.46. The second kappa shape index (κ2) is 5.05. The number of nitrogens with zero attached hydrogens (tertiary/aromatic N) is 4. The van der Waals surface area contributed by atoms with Crippen molar-refractivity contribution < 1.29 is 14.1 Å². The zero-order valence-electron chi connectivity index (χ0n) is 13.3. The van der Waals surface area contributed by atoms with E-state index in [1.54, 1.807) is 6.92 Å². The molecule has 0 aromatic carbocycles. The topological polar surface area (TPSA) is 91.6 Å². The van der Waals surface area contributed by atoms with Crippen molar-refractivity contribution in [1.82, 2.24) is 25.3 Å². The number of likely N-dealkylation sites (tertiary alicyclic amines) is 1. The number of hydrogen-bond acceptors (Lipinski definition) is 6. The molecule has 0 radical (unpaired) electrons. The number of hydrogen-bond donors (Lipinski definition) is 1. The molecule has 2 fully saturated rings. The minimum atomic E-state index is -0.815. The van der Waals surface area contributed by atoms with E-state index in [-0.39, 0.29) is 24.0 Å². The molecule has 2 saturated heterocycles. The number of amides is 3. The standard InChI is InChI=1S/C14H21N5O3/c1-8(2)19-12(20)14(16-13(19)21)5-6-18(7-14)9(3)11-15-10(4)17-22-11/h8-9H,5-7H2,1-4H3,(H,16,21)/t9-,14-/m0/s1. The molecular formula is C14H21N5O3. The molecule has 3 rings (SSSR count). The highest BCUT2D eigenvalue weighted by atomic mass is 16.5. The van der Waals surface area contributed by atoms with Crippen molar-refractivity contribution in [3.63, 3.8) is 0 Å². The Morgan fingerprint density at radius 1 is 1.32 bits per heavy atom. The molecule has 3 heterocycles. The van der Waals surface area contributed by atoms with Gasteiger partial charge < -0.3 is 9.84 Å². The van der Waals surface area contributed by atoms with E-state index in [9.17, 15) is 9.59 Å². The Labute approximate surface area is 128 Å². The van der Waals surface area contributed by atoms with Gasteiger partial charge in [0.25, 0.3) is 5.91 Å². The van der Waals surface area contributed by atoms with Crippen LogP contribution in [0, 0.1) is 6.92 Å². The van der Waals surface area contributed by atoms with E-state index in [1.807, 2.05) is 20.8 Å². The molecule has 120 valence electrons. The number of imide groups is 1. The highest BCUT2D eigenvalue weighted by molar-refractivity contribution is 6.07. The van der Waals surface area contributed by atoms with Crippen LogP contribution in [0.15, 0.2) is 4.52 Å². The summed E-state index contributed by atoms with van der Waals surface area (Å²) in [5.74, 6) is 0.989. The fourth-order valence-electron chi connectivity index (χ4n) is 3.20. The molecule has 0 unspecified atom stereocenters. The molecular weight excluding hydrogens is 286 g/mol. The number of rotatable bonds is 3. The van der Waals surface area contributed by atoms with Crippen molar-refractivity contribution >= 4 is 11.9 Å². The van der Waals surface area contributed by atoms with Crippen molar-refractivity contribution in [3.05, 3.63) is 11.7 Å². The first-order valence-electron chi connectivity index (χ1n) is 7.54. The van der Waals surface area contributed by atoms with Crippen LogP contribution in [0.2, 0.25) is 0 Å². The van der Waals surface area contributed by atoms with E-state index in [2.05, 4.69) is 20.4 Å². The minimum Gasteiger partial charge on any atom is -0.338 e. The molecule has 1 aromatic heterocycles. The van der Waals surface area contributed by atoms with Gasteiger partial charge in [0.15, 0.2) is 5.82 Å². The third-order valence-electron chi connectivity index (χ3n) is 4.46. The van der Waals surface area contributed by atoms with Crippen LogP contribution in [0.1, 0.15) is 44.9 Å². The van der Waals surface area contributed by atoms with Gasteiger partial charge in [-0.15, -0.1) is 0 Å². The second-order valence-corrected chi connectivity index (χ2v) is 6.36. The summed E-state index contributed by atoms with van der Waals surface area (Å²) >= 11 is 0. The van der Waals surface area contributed by atoms with Crippen LogP contribution in [-0.2, 0) is 4.79 Å². The molecule has 8 nitrogen and oxygen atoms in total. The highest BCUT2D eigenvalue weighted by Crippen LogP contribution is 2.33. The normalized spacial score (nSPS) is 27.2. The lowest BCUT2D eigenvalue weighted by Gasteiger charge is -2.25. The summed E-state index contributed by atoms with van der Waals surface area (Å²) in [6.45, 7) is 8.57. The first kappa shape index (κ1) is 15.0. The van der Waals surface area contributed by atoms with Gasteiger partial charge in [-0.3, -0.25) is 14.6 Å². The van der Waals surface area contributed by atoms with E-state index in [0.717, 1.165) is 0 Å². The summed E-state index contributed by atoms with van der Waals surface area (Å²) < 4.78 is 5.21. The zero-order chi connectivity index (χ0) is 16.1. The average molecular weight is 307 g/mol. The van der Waals surface area contributed by atoms with Gasteiger partial charge in [0.2, 0.25) is 5.89 Å². The fourth-order valence-corrected chi connectivity index (χ4v) is 3.20. The molecule has 2 atom stereocenters. The highest BCUT2D eigenvalue weighted by Gasteiger charge is 2.56. The van der Waals surface area contributed by atoms with Gasteiger partial charge in [0.1, 0.15) is 5.54 Å². The smallest absolute Gasteiger partial charge is 0.325 e. The van der Waals surface area contributed by atoms with Crippen molar-refractivity contribution in [2.75, 3.05) is 13.1 Å². The van der Waals surface area contributed by atoms with E-state index in [0.29, 0.717) is 31.2 Å². The molecule has 3 amide bonds.